The summed E-state index contributed by atoms with van der Waals surface area (Å²) in [4.78, 5) is 18.7. The number of nitrogens with zero attached hydrogens (tertiary/aromatic N) is 2. The van der Waals surface area contributed by atoms with E-state index in [1.54, 1.807) is 19.2 Å². The van der Waals surface area contributed by atoms with E-state index in [-0.39, 0.29) is 5.91 Å². The number of hydrogen-bond acceptors (Lipinski definition) is 3. The molecule has 0 bridgehead atoms. The highest BCUT2D eigenvalue weighted by Gasteiger charge is 2.25. The molecular formula is C16H16N2O2. The van der Waals surface area contributed by atoms with Crippen molar-refractivity contribution < 1.29 is 9.53 Å². The van der Waals surface area contributed by atoms with Crippen molar-refractivity contribution in [2.45, 2.75) is 13.0 Å². The zero-order valence-electron chi connectivity index (χ0n) is 11.4. The van der Waals surface area contributed by atoms with Crippen LogP contribution in [0.4, 0.5) is 0 Å². The molecule has 102 valence electrons. The number of pyridine rings is 1. The molecule has 0 N–H and O–H groups in total. The van der Waals surface area contributed by atoms with E-state index in [1.165, 1.54) is 0 Å². The summed E-state index contributed by atoms with van der Waals surface area (Å²) >= 11 is 0. The van der Waals surface area contributed by atoms with Crippen LogP contribution < -0.4 is 4.74 Å². The van der Waals surface area contributed by atoms with Crippen LogP contribution in [0.2, 0.25) is 0 Å². The molecular weight excluding hydrogens is 252 g/mol. The van der Waals surface area contributed by atoms with Crippen LogP contribution in [0, 0.1) is 0 Å². The maximum absolute atomic E-state index is 12.5. The van der Waals surface area contributed by atoms with Crippen LogP contribution in [0.5, 0.6) is 5.88 Å². The number of amides is 1. The monoisotopic (exact) mass is 268 g/mol. The molecule has 1 aromatic heterocycles. The van der Waals surface area contributed by atoms with Crippen molar-refractivity contribution >= 4 is 5.91 Å². The van der Waals surface area contributed by atoms with E-state index in [0.717, 1.165) is 17.7 Å². The van der Waals surface area contributed by atoms with Crippen molar-refractivity contribution in [2.75, 3.05) is 13.7 Å². The maximum Gasteiger partial charge on any atom is 0.256 e. The number of rotatable bonds is 3. The van der Waals surface area contributed by atoms with Crippen LogP contribution in [-0.4, -0.2) is 29.4 Å². The van der Waals surface area contributed by atoms with Crippen molar-refractivity contribution in [1.82, 2.24) is 9.88 Å². The van der Waals surface area contributed by atoms with Gasteiger partial charge in [-0.15, -0.1) is 0 Å². The second-order valence-corrected chi connectivity index (χ2v) is 4.81. The smallest absolute Gasteiger partial charge is 0.256 e. The molecule has 0 unspecified atom stereocenters. The van der Waals surface area contributed by atoms with E-state index in [4.69, 9.17) is 4.74 Å². The van der Waals surface area contributed by atoms with Gasteiger partial charge < -0.3 is 9.64 Å². The van der Waals surface area contributed by atoms with Crippen LogP contribution >= 0.6 is 0 Å². The van der Waals surface area contributed by atoms with Gasteiger partial charge in [-0.05, 0) is 11.6 Å². The lowest BCUT2D eigenvalue weighted by Crippen LogP contribution is -2.37. The fraction of sp³-hybridized carbons (Fsp3) is 0.250. The predicted octanol–water partition coefficient (Wildman–Crippen LogP) is 2.29. The van der Waals surface area contributed by atoms with Crippen LogP contribution in [-0.2, 0) is 13.0 Å². The molecule has 0 aliphatic carbocycles. The number of benzene rings is 1. The molecule has 2 aromatic rings. The Balaban J connectivity index is 1.82. The van der Waals surface area contributed by atoms with E-state index in [0.29, 0.717) is 24.5 Å². The second-order valence-electron chi connectivity index (χ2n) is 4.81. The highest BCUT2D eigenvalue weighted by atomic mass is 16.5. The van der Waals surface area contributed by atoms with Gasteiger partial charge in [0.15, 0.2) is 0 Å². The highest BCUT2D eigenvalue weighted by molar-refractivity contribution is 5.96. The maximum atomic E-state index is 12.5. The third-order valence-electron chi connectivity index (χ3n) is 3.51. The zero-order chi connectivity index (χ0) is 13.9. The van der Waals surface area contributed by atoms with Crippen LogP contribution in [0.25, 0.3) is 0 Å². The van der Waals surface area contributed by atoms with Gasteiger partial charge in [0.05, 0.1) is 18.4 Å². The van der Waals surface area contributed by atoms with Crippen LogP contribution in [0.15, 0.2) is 42.5 Å². The summed E-state index contributed by atoms with van der Waals surface area (Å²) in [6, 6.07) is 13.6. The van der Waals surface area contributed by atoms with Gasteiger partial charge in [0, 0.05) is 25.6 Å². The lowest BCUT2D eigenvalue weighted by molar-refractivity contribution is 0.0725. The fourth-order valence-electron chi connectivity index (χ4n) is 2.45. The van der Waals surface area contributed by atoms with E-state index >= 15 is 0 Å². The minimum atomic E-state index is 0.0465. The lowest BCUT2D eigenvalue weighted by atomic mass is 10.0. The van der Waals surface area contributed by atoms with Crippen molar-refractivity contribution in [3.8, 4) is 5.88 Å². The number of methoxy groups -OCH3 is 1. The normalized spacial score (nSPS) is 14.1. The van der Waals surface area contributed by atoms with Crippen LogP contribution in [0.3, 0.4) is 0 Å². The Morgan fingerprint density at radius 3 is 2.75 bits per heavy atom. The zero-order valence-corrected chi connectivity index (χ0v) is 11.4. The number of aromatic nitrogens is 1. The van der Waals surface area contributed by atoms with E-state index in [1.807, 2.05) is 35.2 Å². The van der Waals surface area contributed by atoms with Gasteiger partial charge in [-0.25, -0.2) is 4.98 Å². The predicted molar refractivity (Wildman–Crippen MR) is 75.7 cm³/mol. The minimum Gasteiger partial charge on any atom is -0.481 e. The number of carbonyl (C=O) groups excluding carboxylic acids is 1. The number of ether oxygens (including phenoxy) is 1. The van der Waals surface area contributed by atoms with Crippen molar-refractivity contribution in [3.05, 3.63) is 59.3 Å². The van der Waals surface area contributed by atoms with E-state index in [2.05, 4.69) is 4.98 Å². The first-order valence-corrected chi connectivity index (χ1v) is 6.65. The van der Waals surface area contributed by atoms with Gasteiger partial charge in [-0.2, -0.15) is 0 Å². The Kier molecular flexibility index (Phi) is 3.37. The molecule has 1 aliphatic rings. The lowest BCUT2D eigenvalue weighted by Gasteiger charge is -2.28. The Hall–Kier alpha value is -2.36. The molecule has 0 radical (unpaired) electrons. The second kappa shape index (κ2) is 5.33. The molecule has 1 aromatic carbocycles. The topological polar surface area (TPSA) is 42.4 Å². The van der Waals surface area contributed by atoms with Crippen molar-refractivity contribution in [1.29, 1.82) is 0 Å². The Morgan fingerprint density at radius 1 is 1.20 bits per heavy atom. The Bertz CT molecular complexity index is 626. The van der Waals surface area contributed by atoms with Gasteiger partial charge in [0.2, 0.25) is 5.88 Å². The molecule has 0 atom stereocenters. The summed E-state index contributed by atoms with van der Waals surface area (Å²) in [5.41, 5.74) is 2.66. The molecule has 3 rings (SSSR count). The highest BCUT2D eigenvalue weighted by Crippen LogP contribution is 2.21. The van der Waals surface area contributed by atoms with Gasteiger partial charge in [-0.3, -0.25) is 4.79 Å². The van der Waals surface area contributed by atoms with Crippen molar-refractivity contribution in [3.63, 3.8) is 0 Å². The minimum absolute atomic E-state index is 0.0465. The first kappa shape index (κ1) is 12.7. The molecule has 0 fully saturated rings. The summed E-state index contributed by atoms with van der Waals surface area (Å²) in [6.45, 7) is 1.34. The summed E-state index contributed by atoms with van der Waals surface area (Å²) in [7, 11) is 1.58. The van der Waals surface area contributed by atoms with Gasteiger partial charge >= 0.3 is 0 Å². The van der Waals surface area contributed by atoms with Gasteiger partial charge in [-0.1, -0.05) is 30.3 Å². The fourth-order valence-corrected chi connectivity index (χ4v) is 2.45. The number of fused-ring (bicyclic) bond motifs is 1. The van der Waals surface area contributed by atoms with Gasteiger partial charge in [0.1, 0.15) is 0 Å². The third-order valence-corrected chi connectivity index (χ3v) is 3.51. The molecule has 20 heavy (non-hydrogen) atoms. The summed E-state index contributed by atoms with van der Waals surface area (Å²) < 4.78 is 5.10. The molecule has 2 heterocycles. The number of carbonyl (C=O) groups is 1. The Labute approximate surface area is 118 Å². The van der Waals surface area contributed by atoms with E-state index in [9.17, 15) is 4.79 Å². The molecule has 0 saturated carbocycles. The quantitative estimate of drug-likeness (QED) is 0.857. The molecule has 4 heteroatoms. The average Bonchev–Trinajstić information content (AvgIpc) is 2.51. The van der Waals surface area contributed by atoms with Gasteiger partial charge in [0.25, 0.3) is 5.91 Å². The molecule has 0 saturated heterocycles. The summed E-state index contributed by atoms with van der Waals surface area (Å²) in [6.07, 6.45) is 0.769. The standard InChI is InChI=1S/C16H16N2O2/c1-20-15-8-7-13-14(17-15)9-10-18(16(13)19)11-12-5-3-2-4-6-12/h2-8H,9-11H2,1H3. The molecule has 1 amide bonds. The third kappa shape index (κ3) is 2.37. The summed E-state index contributed by atoms with van der Waals surface area (Å²) in [5, 5.41) is 0. The van der Waals surface area contributed by atoms with Crippen LogP contribution in [0.1, 0.15) is 21.6 Å². The number of hydrogen-bond donors (Lipinski definition) is 0. The first-order valence-electron chi connectivity index (χ1n) is 6.65. The SMILES string of the molecule is COc1ccc2c(n1)CCN(Cc1ccccc1)C2=O. The molecule has 4 nitrogen and oxygen atoms in total. The van der Waals surface area contributed by atoms with E-state index < -0.39 is 0 Å². The largest absolute Gasteiger partial charge is 0.481 e. The molecule has 1 aliphatic heterocycles. The average molecular weight is 268 g/mol. The molecule has 0 spiro atoms. The summed E-state index contributed by atoms with van der Waals surface area (Å²) in [5.74, 6) is 0.610. The first-order chi connectivity index (χ1) is 9.78. The van der Waals surface area contributed by atoms with Crippen molar-refractivity contribution in [2.24, 2.45) is 0 Å². The Morgan fingerprint density at radius 2 is 2.00 bits per heavy atom.